The Morgan fingerprint density at radius 3 is 2.50 bits per heavy atom. The van der Waals surface area contributed by atoms with Gasteiger partial charge in [0.05, 0.1) is 11.9 Å². The Kier molecular flexibility index (Phi) is 3.72. The summed E-state index contributed by atoms with van der Waals surface area (Å²) in [6, 6.07) is 10.1. The second-order valence-corrected chi connectivity index (χ2v) is 6.08. The van der Waals surface area contributed by atoms with E-state index in [0.717, 1.165) is 11.2 Å². The minimum atomic E-state index is -0.984. The van der Waals surface area contributed by atoms with Gasteiger partial charge in [-0.2, -0.15) is 0 Å². The molecule has 0 saturated heterocycles. The van der Waals surface area contributed by atoms with Crippen molar-refractivity contribution >= 4 is 17.1 Å². The van der Waals surface area contributed by atoms with Crippen molar-refractivity contribution in [1.82, 2.24) is 24.7 Å². The molecule has 4 aromatic rings. The van der Waals surface area contributed by atoms with Gasteiger partial charge < -0.3 is 14.1 Å². The standard InChI is InChI=1S/C18H15N5O3/c1-10(2)23-9-19-13-7-8-14(20-15(13)23)17-22-21-16(26-17)11-3-5-12(6-4-11)18(24)25/h3-10H,1-2H3,(H,24,25). The first-order valence-electron chi connectivity index (χ1n) is 8.04. The first kappa shape index (κ1) is 15.9. The SMILES string of the molecule is CC(C)n1cnc2ccc(-c3nnc(-c4ccc(C(=O)O)cc4)o3)nc21. The van der Waals surface area contributed by atoms with Crippen LogP contribution in [0, 0.1) is 0 Å². The van der Waals surface area contributed by atoms with E-state index >= 15 is 0 Å². The minimum Gasteiger partial charge on any atom is -0.478 e. The number of fused-ring (bicyclic) bond motifs is 1. The average Bonchev–Trinajstić information content (AvgIpc) is 3.28. The summed E-state index contributed by atoms with van der Waals surface area (Å²) >= 11 is 0. The molecule has 4 rings (SSSR count). The lowest BCUT2D eigenvalue weighted by molar-refractivity contribution is 0.0697. The number of aromatic carboxylic acids is 1. The first-order valence-corrected chi connectivity index (χ1v) is 8.04. The average molecular weight is 349 g/mol. The number of nitrogens with zero attached hydrogens (tertiary/aromatic N) is 5. The quantitative estimate of drug-likeness (QED) is 0.601. The summed E-state index contributed by atoms with van der Waals surface area (Å²) < 4.78 is 7.69. The number of hydrogen-bond donors (Lipinski definition) is 1. The molecular weight excluding hydrogens is 334 g/mol. The fraction of sp³-hybridized carbons (Fsp3) is 0.167. The molecule has 1 N–H and O–H groups in total. The molecule has 0 aliphatic heterocycles. The highest BCUT2D eigenvalue weighted by molar-refractivity contribution is 5.88. The second kappa shape index (κ2) is 6.07. The summed E-state index contributed by atoms with van der Waals surface area (Å²) in [5, 5.41) is 17.1. The van der Waals surface area contributed by atoms with E-state index in [4.69, 9.17) is 9.52 Å². The highest BCUT2D eigenvalue weighted by Crippen LogP contribution is 2.25. The number of benzene rings is 1. The van der Waals surface area contributed by atoms with Crippen LogP contribution in [0.15, 0.2) is 47.1 Å². The Morgan fingerprint density at radius 2 is 1.81 bits per heavy atom. The second-order valence-electron chi connectivity index (χ2n) is 6.08. The summed E-state index contributed by atoms with van der Waals surface area (Å²) in [5.41, 5.74) is 2.94. The fourth-order valence-corrected chi connectivity index (χ4v) is 2.61. The van der Waals surface area contributed by atoms with Gasteiger partial charge in [0.15, 0.2) is 5.65 Å². The van der Waals surface area contributed by atoms with Crippen LogP contribution in [0.25, 0.3) is 34.2 Å². The number of rotatable bonds is 4. The maximum absolute atomic E-state index is 10.9. The lowest BCUT2D eigenvalue weighted by Crippen LogP contribution is -2.00. The van der Waals surface area contributed by atoms with E-state index in [1.165, 1.54) is 12.1 Å². The Morgan fingerprint density at radius 1 is 1.08 bits per heavy atom. The van der Waals surface area contributed by atoms with Gasteiger partial charge in [-0.3, -0.25) is 0 Å². The Labute approximate surface area is 148 Å². The molecule has 0 aliphatic rings. The van der Waals surface area contributed by atoms with Crippen LogP contribution in [-0.2, 0) is 0 Å². The number of carbonyl (C=O) groups is 1. The van der Waals surface area contributed by atoms with Crippen LogP contribution in [0.3, 0.4) is 0 Å². The third kappa shape index (κ3) is 2.71. The highest BCUT2D eigenvalue weighted by Gasteiger charge is 2.15. The van der Waals surface area contributed by atoms with Crippen molar-refractivity contribution in [1.29, 1.82) is 0 Å². The van der Waals surface area contributed by atoms with Crippen molar-refractivity contribution in [3.8, 4) is 23.0 Å². The van der Waals surface area contributed by atoms with Crippen molar-refractivity contribution < 1.29 is 14.3 Å². The molecule has 0 bridgehead atoms. The predicted octanol–water partition coefficient (Wildman–Crippen LogP) is 3.43. The van der Waals surface area contributed by atoms with Crippen LogP contribution in [0.5, 0.6) is 0 Å². The van der Waals surface area contributed by atoms with E-state index in [1.807, 2.05) is 10.6 Å². The summed E-state index contributed by atoms with van der Waals surface area (Å²) in [7, 11) is 0. The van der Waals surface area contributed by atoms with Crippen LogP contribution in [0.1, 0.15) is 30.2 Å². The van der Waals surface area contributed by atoms with E-state index in [2.05, 4.69) is 34.0 Å². The maximum atomic E-state index is 10.9. The molecule has 0 amide bonds. The molecule has 0 fully saturated rings. The van der Waals surface area contributed by atoms with Gasteiger partial charge in [-0.25, -0.2) is 14.8 Å². The van der Waals surface area contributed by atoms with E-state index in [9.17, 15) is 4.79 Å². The van der Waals surface area contributed by atoms with Crippen molar-refractivity contribution in [2.45, 2.75) is 19.9 Å². The molecule has 0 atom stereocenters. The van der Waals surface area contributed by atoms with Gasteiger partial charge in [0, 0.05) is 11.6 Å². The van der Waals surface area contributed by atoms with E-state index in [0.29, 0.717) is 23.0 Å². The largest absolute Gasteiger partial charge is 0.478 e. The normalized spacial score (nSPS) is 11.3. The third-order valence-electron chi connectivity index (χ3n) is 4.00. The van der Waals surface area contributed by atoms with Gasteiger partial charge in [0.1, 0.15) is 11.2 Å². The molecule has 0 saturated carbocycles. The lowest BCUT2D eigenvalue weighted by atomic mass is 10.1. The van der Waals surface area contributed by atoms with Crippen molar-refractivity contribution in [3.05, 3.63) is 48.3 Å². The molecular formula is C18H15N5O3. The van der Waals surface area contributed by atoms with Crippen LogP contribution in [-0.4, -0.2) is 35.8 Å². The number of pyridine rings is 1. The Bertz CT molecular complexity index is 1100. The van der Waals surface area contributed by atoms with Gasteiger partial charge in [0.2, 0.25) is 5.89 Å². The summed E-state index contributed by atoms with van der Waals surface area (Å²) in [6.45, 7) is 4.11. The smallest absolute Gasteiger partial charge is 0.335 e. The molecule has 8 nitrogen and oxygen atoms in total. The lowest BCUT2D eigenvalue weighted by Gasteiger charge is -2.06. The zero-order valence-electron chi connectivity index (χ0n) is 14.1. The zero-order valence-corrected chi connectivity index (χ0v) is 14.1. The van der Waals surface area contributed by atoms with Crippen molar-refractivity contribution in [3.63, 3.8) is 0 Å². The van der Waals surface area contributed by atoms with Crippen LogP contribution in [0.2, 0.25) is 0 Å². The predicted molar refractivity (Wildman–Crippen MR) is 93.6 cm³/mol. The number of imidazole rings is 1. The van der Waals surface area contributed by atoms with Crippen molar-refractivity contribution in [2.75, 3.05) is 0 Å². The molecule has 0 aliphatic carbocycles. The zero-order chi connectivity index (χ0) is 18.3. The number of aromatic nitrogens is 5. The van der Waals surface area contributed by atoms with Gasteiger partial charge in [-0.15, -0.1) is 10.2 Å². The van der Waals surface area contributed by atoms with Gasteiger partial charge in [-0.1, -0.05) is 0 Å². The van der Waals surface area contributed by atoms with Crippen molar-refractivity contribution in [2.24, 2.45) is 0 Å². The summed E-state index contributed by atoms with van der Waals surface area (Å²) in [4.78, 5) is 19.9. The van der Waals surface area contributed by atoms with Gasteiger partial charge >= 0.3 is 5.97 Å². The molecule has 0 radical (unpaired) electrons. The third-order valence-corrected chi connectivity index (χ3v) is 4.00. The summed E-state index contributed by atoms with van der Waals surface area (Å²) in [5.74, 6) is -0.390. The molecule has 3 aromatic heterocycles. The number of hydrogen-bond acceptors (Lipinski definition) is 6. The topological polar surface area (TPSA) is 107 Å². The minimum absolute atomic E-state index is 0.197. The van der Waals surface area contributed by atoms with Crippen LogP contribution >= 0.6 is 0 Å². The Balaban J connectivity index is 1.70. The van der Waals surface area contributed by atoms with Crippen LogP contribution < -0.4 is 0 Å². The molecule has 130 valence electrons. The van der Waals surface area contributed by atoms with E-state index in [-0.39, 0.29) is 11.6 Å². The molecule has 0 spiro atoms. The summed E-state index contributed by atoms with van der Waals surface area (Å²) in [6.07, 6.45) is 1.76. The molecule has 26 heavy (non-hydrogen) atoms. The molecule has 0 unspecified atom stereocenters. The first-order chi connectivity index (χ1) is 12.5. The highest BCUT2D eigenvalue weighted by atomic mass is 16.4. The molecule has 3 heterocycles. The van der Waals surface area contributed by atoms with E-state index in [1.54, 1.807) is 24.5 Å². The van der Waals surface area contributed by atoms with Crippen LogP contribution in [0.4, 0.5) is 0 Å². The number of carboxylic acids is 1. The molecule has 1 aromatic carbocycles. The fourth-order valence-electron chi connectivity index (χ4n) is 2.61. The van der Waals surface area contributed by atoms with Gasteiger partial charge in [-0.05, 0) is 50.2 Å². The maximum Gasteiger partial charge on any atom is 0.335 e. The monoisotopic (exact) mass is 349 g/mol. The number of carboxylic acid groups (broad SMARTS) is 1. The van der Waals surface area contributed by atoms with Gasteiger partial charge in [0.25, 0.3) is 5.89 Å². The van der Waals surface area contributed by atoms with E-state index < -0.39 is 5.97 Å². The Hall–Kier alpha value is -3.55. The molecule has 8 heteroatoms.